The molecule has 0 fully saturated rings. The predicted molar refractivity (Wildman–Crippen MR) is 115 cm³/mol. The molecule has 2 aromatic heterocycles. The molecule has 5 aromatic rings. The van der Waals surface area contributed by atoms with Gasteiger partial charge in [-0.3, -0.25) is 4.40 Å². The summed E-state index contributed by atoms with van der Waals surface area (Å²) < 4.78 is 7.44. The Morgan fingerprint density at radius 2 is 1.76 bits per heavy atom. The summed E-state index contributed by atoms with van der Waals surface area (Å²) in [6.07, 6.45) is 1.69. The summed E-state index contributed by atoms with van der Waals surface area (Å²) in [5.41, 5.74) is 4.18. The molecule has 0 bridgehead atoms. The van der Waals surface area contributed by atoms with Gasteiger partial charge in [0.05, 0.1) is 12.6 Å². The molecule has 0 saturated heterocycles. The van der Waals surface area contributed by atoms with E-state index in [2.05, 4.69) is 51.5 Å². The zero-order chi connectivity index (χ0) is 19.8. The largest absolute Gasteiger partial charge is 0.496 e. The maximum atomic E-state index is 5.54. The Morgan fingerprint density at radius 1 is 0.931 bits per heavy atom. The number of hydrogen-bond acceptors (Lipinski definition) is 5. The van der Waals surface area contributed by atoms with Crippen LogP contribution in [0.15, 0.2) is 79.1 Å². The third-order valence-corrected chi connectivity index (χ3v) is 5.11. The van der Waals surface area contributed by atoms with Gasteiger partial charge < -0.3 is 9.64 Å². The number of fused-ring (bicyclic) bond motifs is 3. The van der Waals surface area contributed by atoms with Gasteiger partial charge in [-0.05, 0) is 35.9 Å². The van der Waals surface area contributed by atoms with Crippen LogP contribution in [0.1, 0.15) is 0 Å². The molecular weight excluding hydrogens is 362 g/mol. The normalized spacial score (nSPS) is 11.1. The molecular formula is C23H19N5O. The summed E-state index contributed by atoms with van der Waals surface area (Å²) in [6, 6.07) is 24.5. The molecule has 0 unspecified atom stereocenters. The lowest BCUT2D eigenvalue weighted by molar-refractivity contribution is 0.416. The van der Waals surface area contributed by atoms with Crippen molar-refractivity contribution in [2.45, 2.75) is 0 Å². The quantitative estimate of drug-likeness (QED) is 0.451. The summed E-state index contributed by atoms with van der Waals surface area (Å²) in [4.78, 5) is 6.85. The molecule has 0 aliphatic carbocycles. The van der Waals surface area contributed by atoms with Gasteiger partial charge in [0, 0.05) is 23.7 Å². The third kappa shape index (κ3) is 2.86. The monoisotopic (exact) mass is 381 g/mol. The van der Waals surface area contributed by atoms with Crippen LogP contribution in [0.2, 0.25) is 0 Å². The first kappa shape index (κ1) is 17.2. The van der Waals surface area contributed by atoms with Gasteiger partial charge in [-0.15, -0.1) is 10.2 Å². The lowest BCUT2D eigenvalue weighted by Gasteiger charge is -2.21. The van der Waals surface area contributed by atoms with E-state index in [4.69, 9.17) is 9.72 Å². The fourth-order valence-corrected chi connectivity index (χ4v) is 3.65. The van der Waals surface area contributed by atoms with Crippen molar-refractivity contribution in [3.8, 4) is 16.9 Å². The van der Waals surface area contributed by atoms with Crippen LogP contribution in [0.3, 0.4) is 0 Å². The van der Waals surface area contributed by atoms with Crippen LogP contribution in [0.25, 0.3) is 27.8 Å². The number of ether oxygens (including phenoxy) is 1. The zero-order valence-electron chi connectivity index (χ0n) is 16.1. The second-order valence-corrected chi connectivity index (χ2v) is 6.76. The van der Waals surface area contributed by atoms with Gasteiger partial charge in [0.2, 0.25) is 0 Å². The lowest BCUT2D eigenvalue weighted by Crippen LogP contribution is -2.13. The van der Waals surface area contributed by atoms with Gasteiger partial charge in [-0.1, -0.05) is 42.5 Å². The molecule has 6 nitrogen and oxygen atoms in total. The molecule has 3 aromatic carbocycles. The second kappa shape index (κ2) is 6.91. The van der Waals surface area contributed by atoms with Crippen LogP contribution >= 0.6 is 0 Å². The summed E-state index contributed by atoms with van der Waals surface area (Å²) in [6.45, 7) is 0. The van der Waals surface area contributed by atoms with Gasteiger partial charge in [0.1, 0.15) is 17.9 Å². The second-order valence-electron chi connectivity index (χ2n) is 6.76. The van der Waals surface area contributed by atoms with Crippen LogP contribution < -0.4 is 9.64 Å². The first-order chi connectivity index (χ1) is 14.3. The number of nitrogens with zero attached hydrogens (tertiary/aromatic N) is 5. The van der Waals surface area contributed by atoms with Crippen molar-refractivity contribution < 1.29 is 4.74 Å². The van der Waals surface area contributed by atoms with E-state index >= 15 is 0 Å². The summed E-state index contributed by atoms with van der Waals surface area (Å²) in [5, 5.41) is 9.20. The van der Waals surface area contributed by atoms with Crippen molar-refractivity contribution in [1.29, 1.82) is 0 Å². The van der Waals surface area contributed by atoms with Gasteiger partial charge in [-0.2, -0.15) is 4.98 Å². The third-order valence-electron chi connectivity index (χ3n) is 5.11. The number of rotatable bonds is 4. The predicted octanol–water partition coefficient (Wildman–Crippen LogP) is 4.72. The highest BCUT2D eigenvalue weighted by Gasteiger charge is 2.15. The standard InChI is InChI=1S/C23H19N5O/c1-27(17-9-7-8-16(14-17)18-10-4-6-13-21(18)29-2)22-19-11-3-5-12-20(19)28-15-24-26-23(28)25-22/h3-15H,1-2H3. The first-order valence-corrected chi connectivity index (χ1v) is 9.32. The van der Waals surface area contributed by atoms with Gasteiger partial charge >= 0.3 is 0 Å². The maximum absolute atomic E-state index is 5.54. The molecule has 29 heavy (non-hydrogen) atoms. The van der Waals surface area contributed by atoms with E-state index in [9.17, 15) is 0 Å². The smallest absolute Gasteiger partial charge is 0.257 e. The number of methoxy groups -OCH3 is 1. The molecule has 0 N–H and O–H groups in total. The number of hydrogen-bond donors (Lipinski definition) is 0. The number of anilines is 2. The molecule has 0 radical (unpaired) electrons. The molecule has 0 atom stereocenters. The molecule has 2 heterocycles. The van der Waals surface area contributed by atoms with E-state index < -0.39 is 0 Å². The molecule has 5 rings (SSSR count). The van der Waals surface area contributed by atoms with Gasteiger partial charge in [0.25, 0.3) is 5.78 Å². The summed E-state index contributed by atoms with van der Waals surface area (Å²) in [7, 11) is 3.71. The molecule has 0 aliphatic rings. The van der Waals surface area contributed by atoms with Crippen LogP contribution in [-0.4, -0.2) is 33.7 Å². The van der Waals surface area contributed by atoms with Crippen LogP contribution in [0, 0.1) is 0 Å². The fourth-order valence-electron chi connectivity index (χ4n) is 3.65. The van der Waals surface area contributed by atoms with E-state index in [-0.39, 0.29) is 0 Å². The van der Waals surface area contributed by atoms with Crippen molar-refractivity contribution >= 4 is 28.2 Å². The zero-order valence-corrected chi connectivity index (χ0v) is 16.1. The average molecular weight is 381 g/mol. The maximum Gasteiger partial charge on any atom is 0.257 e. The summed E-state index contributed by atoms with van der Waals surface area (Å²) >= 11 is 0. The van der Waals surface area contributed by atoms with Crippen molar-refractivity contribution in [1.82, 2.24) is 19.6 Å². The highest BCUT2D eigenvalue weighted by molar-refractivity contribution is 5.93. The van der Waals surface area contributed by atoms with Crippen LogP contribution in [-0.2, 0) is 0 Å². The van der Waals surface area contributed by atoms with E-state index in [0.717, 1.165) is 39.3 Å². The van der Waals surface area contributed by atoms with Crippen LogP contribution in [0.5, 0.6) is 5.75 Å². The minimum absolute atomic E-state index is 0.575. The van der Waals surface area contributed by atoms with Crippen molar-refractivity contribution in [2.24, 2.45) is 0 Å². The Balaban J connectivity index is 1.65. The Morgan fingerprint density at radius 3 is 2.66 bits per heavy atom. The highest BCUT2D eigenvalue weighted by Crippen LogP contribution is 2.34. The fraction of sp³-hybridized carbons (Fsp3) is 0.0870. The minimum atomic E-state index is 0.575. The minimum Gasteiger partial charge on any atom is -0.496 e. The summed E-state index contributed by atoms with van der Waals surface area (Å²) in [5.74, 6) is 2.26. The Hall–Kier alpha value is -3.93. The van der Waals surface area contributed by atoms with Crippen molar-refractivity contribution in [3.63, 3.8) is 0 Å². The van der Waals surface area contributed by atoms with E-state index in [0.29, 0.717) is 5.78 Å². The SMILES string of the molecule is COc1ccccc1-c1cccc(N(C)c2nc3nncn3c3ccccc23)c1. The Kier molecular flexibility index (Phi) is 4.09. The molecule has 0 spiro atoms. The Labute approximate surface area is 168 Å². The topological polar surface area (TPSA) is 55.5 Å². The highest BCUT2D eigenvalue weighted by atomic mass is 16.5. The Bertz CT molecular complexity index is 1330. The number of benzene rings is 3. The van der Waals surface area contributed by atoms with Crippen molar-refractivity contribution in [2.75, 3.05) is 19.1 Å². The molecule has 6 heteroatoms. The molecule has 0 aliphatic heterocycles. The van der Waals surface area contributed by atoms with Gasteiger partial charge in [-0.25, -0.2) is 0 Å². The molecule has 0 amide bonds. The van der Waals surface area contributed by atoms with Crippen LogP contribution in [0.4, 0.5) is 11.5 Å². The number of para-hydroxylation sites is 2. The van der Waals surface area contributed by atoms with E-state index in [1.807, 2.05) is 47.8 Å². The lowest BCUT2D eigenvalue weighted by atomic mass is 10.0. The van der Waals surface area contributed by atoms with Crippen molar-refractivity contribution in [3.05, 3.63) is 79.1 Å². The van der Waals surface area contributed by atoms with E-state index in [1.54, 1.807) is 13.4 Å². The first-order valence-electron chi connectivity index (χ1n) is 9.32. The van der Waals surface area contributed by atoms with Gasteiger partial charge in [0.15, 0.2) is 0 Å². The molecule has 142 valence electrons. The number of aromatic nitrogens is 4. The molecule has 0 saturated carbocycles. The van der Waals surface area contributed by atoms with E-state index in [1.165, 1.54) is 0 Å². The average Bonchev–Trinajstić information content (AvgIpc) is 3.27.